The minimum atomic E-state index is 0.139. The van der Waals surface area contributed by atoms with Gasteiger partial charge in [-0.3, -0.25) is 9.67 Å². The molecule has 0 bridgehead atoms. The van der Waals surface area contributed by atoms with Crippen molar-refractivity contribution in [1.82, 2.24) is 25.3 Å². The van der Waals surface area contributed by atoms with Gasteiger partial charge in [0, 0.05) is 26.8 Å². The Kier molecular flexibility index (Phi) is 7.48. The molecular formula is C19H30N6O2. The van der Waals surface area contributed by atoms with Crippen molar-refractivity contribution in [2.24, 2.45) is 12.0 Å². The van der Waals surface area contributed by atoms with Crippen molar-refractivity contribution in [3.8, 4) is 11.5 Å². The van der Waals surface area contributed by atoms with E-state index in [1.165, 1.54) is 0 Å². The van der Waals surface area contributed by atoms with Crippen LogP contribution < -0.4 is 20.1 Å². The largest absolute Gasteiger partial charge is 0.493 e. The average molecular weight is 374 g/mol. The summed E-state index contributed by atoms with van der Waals surface area (Å²) in [6, 6.07) is 8.11. The Hall–Kier alpha value is -2.74. The molecule has 27 heavy (non-hydrogen) atoms. The van der Waals surface area contributed by atoms with Gasteiger partial charge in [-0.2, -0.15) is 5.10 Å². The van der Waals surface area contributed by atoms with Crippen LogP contribution in [0.15, 0.2) is 35.5 Å². The molecule has 0 saturated heterocycles. The standard InChI is InChI=1S/C19H30N6O2/c1-20-19(21-12-15-9-10-23-25(15)4)22-13-16(24(2)3)14-7-8-17(26-5)18(11-14)27-6/h7-11,16H,12-13H2,1-6H3,(H2,20,21,22). The number of rotatable bonds is 8. The first-order valence-electron chi connectivity index (χ1n) is 8.79. The monoisotopic (exact) mass is 374 g/mol. The van der Waals surface area contributed by atoms with E-state index in [-0.39, 0.29) is 6.04 Å². The molecule has 1 atom stereocenters. The molecule has 2 N–H and O–H groups in total. The zero-order chi connectivity index (χ0) is 19.8. The number of hydrogen-bond acceptors (Lipinski definition) is 5. The fraction of sp³-hybridized carbons (Fsp3) is 0.474. The number of likely N-dealkylation sites (N-methyl/N-ethyl adjacent to an activating group) is 1. The predicted molar refractivity (Wildman–Crippen MR) is 107 cm³/mol. The molecule has 0 saturated carbocycles. The van der Waals surface area contributed by atoms with Gasteiger partial charge in [-0.05, 0) is 37.9 Å². The van der Waals surface area contributed by atoms with Gasteiger partial charge in [0.05, 0.1) is 32.5 Å². The summed E-state index contributed by atoms with van der Waals surface area (Å²) in [6.07, 6.45) is 1.78. The maximum atomic E-state index is 5.44. The predicted octanol–water partition coefficient (Wildman–Crippen LogP) is 1.41. The van der Waals surface area contributed by atoms with Crippen molar-refractivity contribution in [2.45, 2.75) is 12.6 Å². The molecule has 0 aliphatic rings. The number of benzene rings is 1. The second-order valence-electron chi connectivity index (χ2n) is 6.35. The minimum absolute atomic E-state index is 0.139. The molecule has 148 valence electrons. The minimum Gasteiger partial charge on any atom is -0.493 e. The Balaban J connectivity index is 2.04. The lowest BCUT2D eigenvalue weighted by molar-refractivity contribution is 0.295. The normalized spacial score (nSPS) is 12.8. The second kappa shape index (κ2) is 9.82. The third-order valence-electron chi connectivity index (χ3n) is 4.46. The maximum absolute atomic E-state index is 5.44. The molecule has 1 aromatic carbocycles. The number of methoxy groups -OCH3 is 2. The van der Waals surface area contributed by atoms with Crippen molar-refractivity contribution in [2.75, 3.05) is 41.9 Å². The van der Waals surface area contributed by atoms with E-state index in [0.717, 1.165) is 28.7 Å². The number of aliphatic imine (C=N–C) groups is 1. The number of nitrogens with one attached hydrogen (secondary N) is 2. The molecule has 2 aromatic rings. The summed E-state index contributed by atoms with van der Waals surface area (Å²) in [5.41, 5.74) is 2.22. The first kappa shape index (κ1) is 20.6. The first-order chi connectivity index (χ1) is 13.0. The summed E-state index contributed by atoms with van der Waals surface area (Å²) >= 11 is 0. The van der Waals surface area contributed by atoms with Crippen LogP contribution in [0.4, 0.5) is 0 Å². The van der Waals surface area contributed by atoms with Gasteiger partial charge in [0.15, 0.2) is 17.5 Å². The van der Waals surface area contributed by atoms with Crippen LogP contribution in [0.5, 0.6) is 11.5 Å². The van der Waals surface area contributed by atoms with Gasteiger partial charge < -0.3 is 25.0 Å². The fourth-order valence-corrected chi connectivity index (χ4v) is 2.82. The number of ether oxygens (including phenoxy) is 2. The van der Waals surface area contributed by atoms with Gasteiger partial charge in [-0.15, -0.1) is 0 Å². The summed E-state index contributed by atoms with van der Waals surface area (Å²) < 4.78 is 12.6. The molecule has 8 heteroatoms. The Labute approximate surface area is 161 Å². The molecule has 0 spiro atoms. The zero-order valence-electron chi connectivity index (χ0n) is 17.0. The van der Waals surface area contributed by atoms with E-state index in [1.54, 1.807) is 27.5 Å². The van der Waals surface area contributed by atoms with E-state index in [2.05, 4.69) is 45.8 Å². The van der Waals surface area contributed by atoms with E-state index in [9.17, 15) is 0 Å². The van der Waals surface area contributed by atoms with Crippen LogP contribution in [-0.2, 0) is 13.6 Å². The lowest BCUT2D eigenvalue weighted by Crippen LogP contribution is -2.41. The number of guanidine groups is 1. The van der Waals surface area contributed by atoms with Gasteiger partial charge in [0.2, 0.25) is 0 Å². The van der Waals surface area contributed by atoms with Crippen LogP contribution in [0.3, 0.4) is 0 Å². The topological polar surface area (TPSA) is 75.9 Å². The highest BCUT2D eigenvalue weighted by molar-refractivity contribution is 5.79. The molecule has 1 unspecified atom stereocenters. The number of aryl methyl sites for hydroxylation is 1. The van der Waals surface area contributed by atoms with Crippen LogP contribution >= 0.6 is 0 Å². The Morgan fingerprint density at radius 2 is 1.93 bits per heavy atom. The quantitative estimate of drug-likeness (QED) is 0.537. The summed E-state index contributed by atoms with van der Waals surface area (Å²) in [4.78, 5) is 6.46. The molecule has 0 fully saturated rings. The molecular weight excluding hydrogens is 344 g/mol. The SMILES string of the molecule is CN=C(NCc1ccnn1C)NCC(c1ccc(OC)c(OC)c1)N(C)C. The van der Waals surface area contributed by atoms with Gasteiger partial charge in [0.1, 0.15) is 0 Å². The van der Waals surface area contributed by atoms with Crippen molar-refractivity contribution < 1.29 is 9.47 Å². The zero-order valence-corrected chi connectivity index (χ0v) is 17.0. The van der Waals surface area contributed by atoms with E-state index in [0.29, 0.717) is 13.1 Å². The van der Waals surface area contributed by atoms with E-state index >= 15 is 0 Å². The Bertz CT molecular complexity index is 756. The maximum Gasteiger partial charge on any atom is 0.191 e. The molecule has 1 heterocycles. The third-order valence-corrected chi connectivity index (χ3v) is 4.46. The molecule has 0 amide bonds. The smallest absolute Gasteiger partial charge is 0.191 e. The van der Waals surface area contributed by atoms with E-state index in [1.807, 2.05) is 29.9 Å². The molecule has 8 nitrogen and oxygen atoms in total. The van der Waals surface area contributed by atoms with Crippen molar-refractivity contribution in [3.63, 3.8) is 0 Å². The highest BCUT2D eigenvalue weighted by Crippen LogP contribution is 2.31. The van der Waals surface area contributed by atoms with Crippen molar-refractivity contribution in [3.05, 3.63) is 41.7 Å². The van der Waals surface area contributed by atoms with Gasteiger partial charge >= 0.3 is 0 Å². The Morgan fingerprint density at radius 1 is 1.19 bits per heavy atom. The molecule has 0 aliphatic heterocycles. The lowest BCUT2D eigenvalue weighted by atomic mass is 10.1. The lowest BCUT2D eigenvalue weighted by Gasteiger charge is -2.26. The van der Waals surface area contributed by atoms with Crippen molar-refractivity contribution >= 4 is 5.96 Å². The van der Waals surface area contributed by atoms with E-state index in [4.69, 9.17) is 9.47 Å². The molecule has 0 aliphatic carbocycles. The summed E-state index contributed by atoms with van der Waals surface area (Å²) in [7, 11) is 11.1. The summed E-state index contributed by atoms with van der Waals surface area (Å²) in [5.74, 6) is 2.18. The van der Waals surface area contributed by atoms with Crippen molar-refractivity contribution in [1.29, 1.82) is 0 Å². The summed E-state index contributed by atoms with van der Waals surface area (Å²) in [6.45, 7) is 1.34. The fourth-order valence-electron chi connectivity index (χ4n) is 2.82. The van der Waals surface area contributed by atoms with Crippen LogP contribution in [0.2, 0.25) is 0 Å². The molecule has 1 aromatic heterocycles. The van der Waals surface area contributed by atoms with Crippen LogP contribution in [0.25, 0.3) is 0 Å². The summed E-state index contributed by atoms with van der Waals surface area (Å²) in [5, 5.41) is 10.9. The number of aromatic nitrogens is 2. The van der Waals surface area contributed by atoms with Crippen LogP contribution in [0, 0.1) is 0 Å². The van der Waals surface area contributed by atoms with Gasteiger partial charge in [-0.25, -0.2) is 0 Å². The number of hydrogen-bond donors (Lipinski definition) is 2. The van der Waals surface area contributed by atoms with Crippen LogP contribution in [-0.4, -0.2) is 62.5 Å². The van der Waals surface area contributed by atoms with E-state index < -0.39 is 0 Å². The van der Waals surface area contributed by atoms with Crippen LogP contribution in [0.1, 0.15) is 17.3 Å². The number of nitrogens with zero attached hydrogens (tertiary/aromatic N) is 4. The Morgan fingerprint density at radius 3 is 2.48 bits per heavy atom. The average Bonchev–Trinajstić information content (AvgIpc) is 3.08. The first-order valence-corrected chi connectivity index (χ1v) is 8.79. The van der Waals surface area contributed by atoms with Gasteiger partial charge in [-0.1, -0.05) is 6.07 Å². The third kappa shape index (κ3) is 5.37. The van der Waals surface area contributed by atoms with Gasteiger partial charge in [0.25, 0.3) is 0 Å². The highest BCUT2D eigenvalue weighted by Gasteiger charge is 2.17. The molecule has 2 rings (SSSR count). The molecule has 0 radical (unpaired) electrons. The highest BCUT2D eigenvalue weighted by atomic mass is 16.5. The second-order valence-corrected chi connectivity index (χ2v) is 6.35.